The Kier molecular flexibility index (Phi) is 4.30. The Hall–Kier alpha value is -1.36. The summed E-state index contributed by atoms with van der Waals surface area (Å²) in [5.41, 5.74) is 0. The number of ketones is 2. The van der Waals surface area contributed by atoms with Gasteiger partial charge in [-0.15, -0.1) is 11.8 Å². The lowest BCUT2D eigenvalue weighted by molar-refractivity contribution is -0.139. The highest BCUT2D eigenvalue weighted by Crippen LogP contribution is 2.20. The molecule has 0 aliphatic heterocycles. The third kappa shape index (κ3) is 3.71. The number of ether oxygens (including phenoxy) is 1. The fraction of sp³-hybridized carbons (Fsp3) is 0.300. The first kappa shape index (κ1) is 11.7. The van der Waals surface area contributed by atoms with Crippen LogP contribution in [0.2, 0.25) is 0 Å². The molecule has 0 saturated heterocycles. The monoisotopic (exact) mass is 226 g/mol. The van der Waals surface area contributed by atoms with Crippen LogP contribution in [0, 0.1) is 0 Å². The average molecular weight is 226 g/mol. The van der Waals surface area contributed by atoms with E-state index in [1.54, 1.807) is 6.92 Å². The second kappa shape index (κ2) is 5.50. The van der Waals surface area contributed by atoms with E-state index in [-0.39, 0.29) is 22.2 Å². The maximum absolute atomic E-state index is 11.2. The van der Waals surface area contributed by atoms with Crippen LogP contribution in [0.1, 0.15) is 6.92 Å². The molecular formula is C10H10O4S. The molecule has 5 heteroatoms. The van der Waals surface area contributed by atoms with Crippen LogP contribution in [0.4, 0.5) is 0 Å². The van der Waals surface area contributed by atoms with E-state index in [4.69, 9.17) is 4.74 Å². The summed E-state index contributed by atoms with van der Waals surface area (Å²) < 4.78 is 4.69. The summed E-state index contributed by atoms with van der Waals surface area (Å²) in [4.78, 5) is 33.5. The summed E-state index contributed by atoms with van der Waals surface area (Å²) >= 11 is 1.02. The van der Waals surface area contributed by atoms with Gasteiger partial charge >= 0.3 is 5.97 Å². The SMILES string of the molecule is CCOC(=O)CSC1=CC(=O)C=CC1=O. The molecule has 1 aliphatic rings. The lowest BCUT2D eigenvalue weighted by Gasteiger charge is -2.05. The van der Waals surface area contributed by atoms with Gasteiger partial charge in [-0.25, -0.2) is 0 Å². The fourth-order valence-corrected chi connectivity index (χ4v) is 1.71. The number of hydrogen-bond donors (Lipinski definition) is 0. The molecule has 0 unspecified atom stereocenters. The predicted molar refractivity (Wildman–Crippen MR) is 56.3 cm³/mol. The van der Waals surface area contributed by atoms with Crippen molar-refractivity contribution in [2.75, 3.05) is 12.4 Å². The Labute approximate surface area is 91.4 Å². The van der Waals surface area contributed by atoms with Crippen LogP contribution in [0.5, 0.6) is 0 Å². The van der Waals surface area contributed by atoms with Gasteiger partial charge in [-0.3, -0.25) is 14.4 Å². The molecule has 0 aromatic heterocycles. The van der Waals surface area contributed by atoms with Crippen molar-refractivity contribution < 1.29 is 19.1 Å². The minimum absolute atomic E-state index is 0.0481. The van der Waals surface area contributed by atoms with Crippen LogP contribution in [0.15, 0.2) is 23.1 Å². The summed E-state index contributed by atoms with van der Waals surface area (Å²) in [5.74, 6) is -0.824. The van der Waals surface area contributed by atoms with Crippen molar-refractivity contribution in [3.05, 3.63) is 23.1 Å². The van der Waals surface area contributed by atoms with E-state index in [1.165, 1.54) is 18.2 Å². The lowest BCUT2D eigenvalue weighted by Crippen LogP contribution is -2.10. The molecule has 0 aromatic carbocycles. The summed E-state index contributed by atoms with van der Waals surface area (Å²) in [7, 11) is 0. The van der Waals surface area contributed by atoms with Gasteiger partial charge in [0.05, 0.1) is 17.3 Å². The molecule has 0 fully saturated rings. The highest BCUT2D eigenvalue weighted by molar-refractivity contribution is 8.04. The van der Waals surface area contributed by atoms with Crippen molar-refractivity contribution in [1.82, 2.24) is 0 Å². The Balaban J connectivity index is 2.48. The van der Waals surface area contributed by atoms with Gasteiger partial charge in [-0.2, -0.15) is 0 Å². The summed E-state index contributed by atoms with van der Waals surface area (Å²) in [5, 5.41) is 0. The molecular weight excluding hydrogens is 216 g/mol. The Morgan fingerprint density at radius 2 is 2.13 bits per heavy atom. The summed E-state index contributed by atoms with van der Waals surface area (Å²) in [6.45, 7) is 2.02. The molecule has 0 radical (unpaired) electrons. The van der Waals surface area contributed by atoms with Crippen LogP contribution in [0.25, 0.3) is 0 Å². The first-order chi connectivity index (χ1) is 7.13. The smallest absolute Gasteiger partial charge is 0.316 e. The quantitative estimate of drug-likeness (QED) is 0.526. The molecule has 80 valence electrons. The minimum Gasteiger partial charge on any atom is -0.465 e. The maximum atomic E-state index is 11.2. The molecule has 1 rings (SSSR count). The van der Waals surface area contributed by atoms with Crippen molar-refractivity contribution in [3.63, 3.8) is 0 Å². The van der Waals surface area contributed by atoms with Crippen LogP contribution in [-0.2, 0) is 19.1 Å². The number of carbonyl (C=O) groups is 3. The predicted octanol–water partition coefficient (Wildman–Crippen LogP) is 0.875. The molecule has 0 spiro atoms. The topological polar surface area (TPSA) is 60.4 Å². The second-order valence-electron chi connectivity index (χ2n) is 2.70. The fourth-order valence-electron chi connectivity index (χ4n) is 0.941. The molecule has 15 heavy (non-hydrogen) atoms. The average Bonchev–Trinajstić information content (AvgIpc) is 2.20. The van der Waals surface area contributed by atoms with Crippen molar-refractivity contribution in [1.29, 1.82) is 0 Å². The number of esters is 1. The molecule has 4 nitrogen and oxygen atoms in total. The number of thioether (sulfide) groups is 1. The zero-order chi connectivity index (χ0) is 11.3. The van der Waals surface area contributed by atoms with E-state index in [2.05, 4.69) is 0 Å². The van der Waals surface area contributed by atoms with Crippen LogP contribution < -0.4 is 0 Å². The molecule has 0 aromatic rings. The largest absolute Gasteiger partial charge is 0.465 e. The first-order valence-electron chi connectivity index (χ1n) is 4.40. The van der Waals surface area contributed by atoms with Crippen LogP contribution in [0.3, 0.4) is 0 Å². The molecule has 0 saturated carbocycles. The summed E-state index contributed by atoms with van der Waals surface area (Å²) in [6, 6.07) is 0. The van der Waals surface area contributed by atoms with Crippen LogP contribution >= 0.6 is 11.8 Å². The Morgan fingerprint density at radius 1 is 1.40 bits per heavy atom. The van der Waals surface area contributed by atoms with E-state index in [0.29, 0.717) is 6.61 Å². The number of carbonyl (C=O) groups excluding carboxylic acids is 3. The molecule has 0 amide bonds. The van der Waals surface area contributed by atoms with Gasteiger partial charge in [-0.1, -0.05) is 0 Å². The van der Waals surface area contributed by atoms with Gasteiger partial charge in [0.25, 0.3) is 0 Å². The molecule has 1 aliphatic carbocycles. The zero-order valence-electron chi connectivity index (χ0n) is 8.19. The van der Waals surface area contributed by atoms with E-state index in [0.717, 1.165) is 11.8 Å². The Bertz CT molecular complexity index is 354. The van der Waals surface area contributed by atoms with Gasteiger partial charge in [-0.05, 0) is 19.1 Å². The van der Waals surface area contributed by atoms with E-state index in [1.807, 2.05) is 0 Å². The van der Waals surface area contributed by atoms with Crippen molar-refractivity contribution in [2.24, 2.45) is 0 Å². The number of rotatable bonds is 4. The Morgan fingerprint density at radius 3 is 2.80 bits per heavy atom. The standard InChI is InChI=1S/C10H10O4S/c1-2-14-10(13)6-15-9-5-7(11)3-4-8(9)12/h3-5H,2,6H2,1H3. The first-order valence-corrected chi connectivity index (χ1v) is 5.38. The van der Waals surface area contributed by atoms with Crippen molar-refractivity contribution >= 4 is 29.3 Å². The van der Waals surface area contributed by atoms with Crippen molar-refractivity contribution in [3.8, 4) is 0 Å². The minimum atomic E-state index is -0.391. The normalized spacial score (nSPS) is 15.1. The van der Waals surface area contributed by atoms with Gasteiger partial charge in [0.1, 0.15) is 0 Å². The van der Waals surface area contributed by atoms with Crippen molar-refractivity contribution in [2.45, 2.75) is 6.92 Å². The van der Waals surface area contributed by atoms with Gasteiger partial charge in [0.15, 0.2) is 11.6 Å². The summed E-state index contributed by atoms with van der Waals surface area (Å²) in [6.07, 6.45) is 3.64. The van der Waals surface area contributed by atoms with Gasteiger partial charge in [0, 0.05) is 6.08 Å². The van der Waals surface area contributed by atoms with E-state index < -0.39 is 5.97 Å². The van der Waals surface area contributed by atoms with Gasteiger partial charge < -0.3 is 4.74 Å². The van der Waals surface area contributed by atoms with Gasteiger partial charge in [0.2, 0.25) is 0 Å². The third-order valence-corrected chi connectivity index (χ3v) is 2.58. The number of hydrogen-bond acceptors (Lipinski definition) is 5. The third-order valence-electron chi connectivity index (χ3n) is 1.57. The van der Waals surface area contributed by atoms with Crippen LogP contribution in [-0.4, -0.2) is 29.9 Å². The lowest BCUT2D eigenvalue weighted by atomic mass is 10.2. The van der Waals surface area contributed by atoms with E-state index >= 15 is 0 Å². The maximum Gasteiger partial charge on any atom is 0.316 e. The molecule has 0 atom stereocenters. The zero-order valence-corrected chi connectivity index (χ0v) is 9.00. The number of allylic oxidation sites excluding steroid dienone is 4. The highest BCUT2D eigenvalue weighted by Gasteiger charge is 2.15. The van der Waals surface area contributed by atoms with E-state index in [9.17, 15) is 14.4 Å². The molecule has 0 bridgehead atoms. The second-order valence-corrected chi connectivity index (χ2v) is 3.72. The highest BCUT2D eigenvalue weighted by atomic mass is 32.2. The molecule has 0 heterocycles. The molecule has 0 N–H and O–H groups in total.